The Kier molecular flexibility index (Phi) is 20.7. The summed E-state index contributed by atoms with van der Waals surface area (Å²) in [5, 5.41) is 35.3. The van der Waals surface area contributed by atoms with Gasteiger partial charge in [-0.2, -0.15) is 0 Å². The Balaban J connectivity index is -0.000000512. The molecule has 0 aliphatic carbocycles. The van der Waals surface area contributed by atoms with Gasteiger partial charge in [-0.05, 0) is 54.3 Å². The fraction of sp³-hybridized carbons (Fsp3) is 0.407. The molecule has 2 aromatic carbocycles. The highest BCUT2D eigenvalue weighted by Crippen LogP contribution is 2.13. The molecule has 214 valence electrons. The molecular formula is C27H40O11. The van der Waals surface area contributed by atoms with Gasteiger partial charge < -0.3 is 34.6 Å². The van der Waals surface area contributed by atoms with Gasteiger partial charge >= 0.3 is 23.9 Å². The van der Waals surface area contributed by atoms with Crippen molar-refractivity contribution in [3.05, 3.63) is 69.8 Å². The number of benzene rings is 2. The van der Waals surface area contributed by atoms with Crippen molar-refractivity contribution in [3.8, 4) is 0 Å². The van der Waals surface area contributed by atoms with Crippen LogP contribution < -0.4 is 0 Å². The number of carbonyl (C=O) groups excluding carboxylic acids is 2. The first-order chi connectivity index (χ1) is 16.7. The van der Waals surface area contributed by atoms with E-state index in [0.29, 0.717) is 16.7 Å². The molecule has 0 unspecified atom stereocenters. The lowest BCUT2D eigenvalue weighted by Crippen LogP contribution is -2.08. The highest BCUT2D eigenvalue weighted by molar-refractivity contribution is 5.99. The van der Waals surface area contributed by atoms with E-state index >= 15 is 0 Å². The van der Waals surface area contributed by atoms with Crippen molar-refractivity contribution < 1.29 is 53.8 Å². The molecule has 0 atom stereocenters. The zero-order valence-corrected chi connectivity index (χ0v) is 19.4. The minimum absolute atomic E-state index is 0. The van der Waals surface area contributed by atoms with Crippen LogP contribution in [0.3, 0.4) is 0 Å². The number of aliphatic hydroxyl groups is 2. The molecule has 0 spiro atoms. The lowest BCUT2D eigenvalue weighted by atomic mass is 10.1. The van der Waals surface area contributed by atoms with E-state index in [0.717, 1.165) is 38.5 Å². The molecule has 0 amide bonds. The largest absolute Gasteiger partial charge is 0.478 e. The van der Waals surface area contributed by atoms with Gasteiger partial charge in [0.25, 0.3) is 0 Å². The number of hydrogen-bond acceptors (Lipinski definition) is 9. The van der Waals surface area contributed by atoms with Crippen LogP contribution in [-0.4, -0.2) is 71.7 Å². The number of ether oxygens (including phenoxy) is 3. The molecular weight excluding hydrogens is 500 g/mol. The van der Waals surface area contributed by atoms with Gasteiger partial charge in [0.2, 0.25) is 0 Å². The van der Waals surface area contributed by atoms with Crippen molar-refractivity contribution in [2.75, 3.05) is 27.4 Å². The van der Waals surface area contributed by atoms with Gasteiger partial charge in [-0.25, -0.2) is 19.2 Å². The maximum atomic E-state index is 11.2. The number of carboxylic acid groups (broad SMARTS) is 2. The molecule has 3 rings (SSSR count). The normalized spacial score (nSPS) is 10.8. The van der Waals surface area contributed by atoms with Crippen LogP contribution in [0.25, 0.3) is 0 Å². The second kappa shape index (κ2) is 20.3. The third-order valence-corrected chi connectivity index (χ3v) is 4.51. The summed E-state index contributed by atoms with van der Waals surface area (Å²) < 4.78 is 13.9. The number of carbonyl (C=O) groups is 4. The Bertz CT molecular complexity index is 966. The van der Waals surface area contributed by atoms with Gasteiger partial charge in [0.05, 0.1) is 49.7 Å². The lowest BCUT2D eigenvalue weighted by Gasteiger charge is -2.05. The van der Waals surface area contributed by atoms with E-state index in [2.05, 4.69) is 9.47 Å². The van der Waals surface area contributed by atoms with Crippen molar-refractivity contribution in [2.24, 2.45) is 0 Å². The monoisotopic (exact) mass is 540 g/mol. The van der Waals surface area contributed by atoms with Crippen LogP contribution in [0.5, 0.6) is 0 Å². The first-order valence-corrected chi connectivity index (χ1v) is 10.4. The molecule has 0 saturated carbocycles. The molecule has 0 bridgehead atoms. The Morgan fingerprint density at radius 1 is 0.658 bits per heavy atom. The van der Waals surface area contributed by atoms with E-state index < -0.39 is 23.9 Å². The van der Waals surface area contributed by atoms with Crippen molar-refractivity contribution in [1.82, 2.24) is 0 Å². The molecule has 11 heteroatoms. The standard InChI is InChI=1S/C10H8O6.C10H12O4.C4H8O.3CH4/c1-16-10(15)7-3-5(8(11)12)2-6(4-7)9(13)14;1-14-10(13)9-3-7(5-11)2-8(4-9)6-12;1-2-4-5-3-1;;;/h2-4H,1H3,(H,11,12)(H,13,14);2-4,11-12H,5-6H2,1H3;1-4H2;3*1H4. The summed E-state index contributed by atoms with van der Waals surface area (Å²) in [5.74, 6) is -3.89. The average Bonchev–Trinajstić information content (AvgIpc) is 3.47. The van der Waals surface area contributed by atoms with Crippen molar-refractivity contribution in [1.29, 1.82) is 0 Å². The van der Waals surface area contributed by atoms with E-state index in [9.17, 15) is 19.2 Å². The molecule has 2 aromatic rings. The minimum atomic E-state index is -1.31. The maximum absolute atomic E-state index is 11.2. The summed E-state index contributed by atoms with van der Waals surface area (Å²) in [6, 6.07) is 7.78. The molecule has 1 aliphatic heterocycles. The van der Waals surface area contributed by atoms with Gasteiger partial charge in [0.1, 0.15) is 0 Å². The third kappa shape index (κ3) is 12.9. The summed E-state index contributed by atoms with van der Waals surface area (Å²) >= 11 is 0. The first kappa shape index (κ1) is 38.7. The van der Waals surface area contributed by atoms with E-state index in [1.807, 2.05) is 0 Å². The molecule has 38 heavy (non-hydrogen) atoms. The predicted molar refractivity (Wildman–Crippen MR) is 142 cm³/mol. The molecule has 0 aromatic heterocycles. The highest BCUT2D eigenvalue weighted by Gasteiger charge is 2.15. The molecule has 0 radical (unpaired) electrons. The summed E-state index contributed by atoms with van der Waals surface area (Å²) in [7, 11) is 2.41. The molecule has 1 fully saturated rings. The van der Waals surface area contributed by atoms with Gasteiger partial charge in [-0.1, -0.05) is 28.3 Å². The fourth-order valence-corrected chi connectivity index (χ4v) is 2.80. The average molecular weight is 541 g/mol. The number of methoxy groups -OCH3 is 2. The van der Waals surface area contributed by atoms with E-state index in [1.54, 1.807) is 6.07 Å². The Labute approximate surface area is 223 Å². The van der Waals surface area contributed by atoms with Crippen LogP contribution in [0, 0.1) is 0 Å². The smallest absolute Gasteiger partial charge is 0.337 e. The lowest BCUT2D eigenvalue weighted by molar-refractivity contribution is 0.0590. The molecule has 1 saturated heterocycles. The summed E-state index contributed by atoms with van der Waals surface area (Å²) in [5.41, 5.74) is 0.831. The van der Waals surface area contributed by atoms with Crippen LogP contribution in [0.1, 0.15) is 87.7 Å². The van der Waals surface area contributed by atoms with Crippen LogP contribution >= 0.6 is 0 Å². The number of aliphatic hydroxyl groups excluding tert-OH is 2. The second-order valence-electron chi connectivity index (χ2n) is 7.07. The number of carboxylic acids is 2. The van der Waals surface area contributed by atoms with Crippen LogP contribution in [0.15, 0.2) is 36.4 Å². The molecule has 1 heterocycles. The van der Waals surface area contributed by atoms with Gasteiger partial charge in [0, 0.05) is 13.2 Å². The Morgan fingerprint density at radius 2 is 1.00 bits per heavy atom. The number of rotatable bonds is 6. The number of aromatic carboxylic acids is 2. The van der Waals surface area contributed by atoms with E-state index in [1.165, 1.54) is 32.1 Å². The molecule has 1 aliphatic rings. The van der Waals surface area contributed by atoms with E-state index in [4.69, 9.17) is 25.2 Å². The first-order valence-electron chi connectivity index (χ1n) is 10.4. The van der Waals surface area contributed by atoms with Crippen LogP contribution in [0.4, 0.5) is 0 Å². The topological polar surface area (TPSA) is 177 Å². The third-order valence-electron chi connectivity index (χ3n) is 4.51. The predicted octanol–water partition coefficient (Wildman–Crippen LogP) is 4.03. The minimum Gasteiger partial charge on any atom is -0.478 e. The molecule has 11 nitrogen and oxygen atoms in total. The van der Waals surface area contributed by atoms with Crippen molar-refractivity contribution in [3.63, 3.8) is 0 Å². The summed E-state index contributed by atoms with van der Waals surface area (Å²) in [6.07, 6.45) is 2.56. The fourth-order valence-electron chi connectivity index (χ4n) is 2.80. The van der Waals surface area contributed by atoms with E-state index in [-0.39, 0.29) is 52.2 Å². The summed E-state index contributed by atoms with van der Waals surface area (Å²) in [6.45, 7) is 1.66. The zero-order valence-electron chi connectivity index (χ0n) is 19.4. The number of hydrogen-bond donors (Lipinski definition) is 4. The van der Waals surface area contributed by atoms with Crippen LogP contribution in [-0.2, 0) is 27.4 Å². The quantitative estimate of drug-likeness (QED) is 0.389. The summed E-state index contributed by atoms with van der Waals surface area (Å²) in [4.78, 5) is 43.7. The van der Waals surface area contributed by atoms with Gasteiger partial charge in [0.15, 0.2) is 0 Å². The second-order valence-corrected chi connectivity index (χ2v) is 7.07. The number of esters is 2. The van der Waals surface area contributed by atoms with Crippen LogP contribution in [0.2, 0.25) is 0 Å². The Morgan fingerprint density at radius 3 is 1.26 bits per heavy atom. The maximum Gasteiger partial charge on any atom is 0.337 e. The van der Waals surface area contributed by atoms with Gasteiger partial charge in [-0.15, -0.1) is 0 Å². The van der Waals surface area contributed by atoms with Gasteiger partial charge in [-0.3, -0.25) is 0 Å². The van der Waals surface area contributed by atoms with Crippen molar-refractivity contribution in [2.45, 2.75) is 48.3 Å². The highest BCUT2D eigenvalue weighted by atomic mass is 16.5. The SMILES string of the molecule is C.C.C.C1CCOC1.COC(=O)c1cc(C(=O)O)cc(C(=O)O)c1.COC(=O)c1cc(CO)cc(CO)c1. The Hall–Kier alpha value is -3.80. The van der Waals surface area contributed by atoms with Crippen molar-refractivity contribution >= 4 is 23.9 Å². The molecule has 4 N–H and O–H groups in total. The zero-order chi connectivity index (χ0) is 26.4.